The summed E-state index contributed by atoms with van der Waals surface area (Å²) in [5, 5.41) is 17.8. The van der Waals surface area contributed by atoms with E-state index in [1.807, 2.05) is 64.3 Å². The molecule has 0 radical (unpaired) electrons. The fraction of sp³-hybridized carbons (Fsp3) is 0.395. The molecule has 0 saturated heterocycles. The Hall–Kier alpha value is -4.68. The molecule has 0 aliphatic rings. The summed E-state index contributed by atoms with van der Waals surface area (Å²) >= 11 is 1.53. The number of thioether (sulfide) groups is 1. The van der Waals surface area contributed by atoms with Crippen molar-refractivity contribution in [1.82, 2.24) is 25.1 Å². The molecule has 0 aliphatic carbocycles. The van der Waals surface area contributed by atoms with Gasteiger partial charge in [-0.2, -0.15) is 11.8 Å². The molecule has 4 rings (SSSR count). The Bertz CT molecular complexity index is 1740. The Morgan fingerprint density at radius 1 is 1.00 bits per heavy atom. The number of carbonyl (C=O) groups excluding carboxylic acids is 3. The minimum absolute atomic E-state index is 0.0311. The van der Waals surface area contributed by atoms with Gasteiger partial charge in [0, 0.05) is 37.6 Å². The number of rotatable bonds is 19. The lowest BCUT2D eigenvalue weighted by atomic mass is 9.97. The average Bonchev–Trinajstić information content (AvgIpc) is 3.54. The van der Waals surface area contributed by atoms with E-state index in [-0.39, 0.29) is 36.7 Å². The molecule has 1 aromatic heterocycles. The zero-order valence-corrected chi connectivity index (χ0v) is 29.9. The van der Waals surface area contributed by atoms with Gasteiger partial charge in [-0.1, -0.05) is 74.9 Å². The van der Waals surface area contributed by atoms with Gasteiger partial charge >= 0.3 is 11.9 Å². The van der Waals surface area contributed by atoms with Crippen molar-refractivity contribution in [2.75, 3.05) is 32.2 Å². The van der Waals surface area contributed by atoms with Crippen molar-refractivity contribution in [1.29, 1.82) is 0 Å². The van der Waals surface area contributed by atoms with Gasteiger partial charge < -0.3 is 25.0 Å². The number of fused-ring (bicyclic) bond motifs is 1. The number of hydrogen-bond acceptors (Lipinski definition) is 8. The summed E-state index contributed by atoms with van der Waals surface area (Å²) < 4.78 is 6.68. The summed E-state index contributed by atoms with van der Waals surface area (Å²) in [5.74, 6) is -1.31. The summed E-state index contributed by atoms with van der Waals surface area (Å²) in [7, 11) is 1.34. The smallest absolute Gasteiger partial charge is 0.337 e. The maximum atomic E-state index is 13.6. The van der Waals surface area contributed by atoms with Crippen molar-refractivity contribution < 1.29 is 29.0 Å². The zero-order valence-electron chi connectivity index (χ0n) is 29.1. The second-order valence-electron chi connectivity index (χ2n) is 12.5. The second-order valence-corrected chi connectivity index (χ2v) is 13.5. The molecule has 11 nitrogen and oxygen atoms in total. The number of hydrogen-bond donors (Lipinski definition) is 3. The molecular weight excluding hydrogens is 655 g/mol. The number of carbonyl (C=O) groups is 4. The molecule has 12 heteroatoms. The number of aromatic nitrogens is 2. The van der Waals surface area contributed by atoms with Crippen LogP contribution in [0, 0.1) is 5.92 Å². The molecule has 2 amide bonds. The number of aliphatic carboxylic acids is 1. The summed E-state index contributed by atoms with van der Waals surface area (Å²) in [6.45, 7) is 5.40. The van der Waals surface area contributed by atoms with E-state index in [0.29, 0.717) is 37.4 Å². The van der Waals surface area contributed by atoms with Gasteiger partial charge in [0.25, 0.3) is 0 Å². The summed E-state index contributed by atoms with van der Waals surface area (Å²) in [6.07, 6.45) is 6.48. The summed E-state index contributed by atoms with van der Waals surface area (Å²) in [6, 6.07) is 20.0. The van der Waals surface area contributed by atoms with Crippen LogP contribution in [-0.4, -0.2) is 87.6 Å². The maximum absolute atomic E-state index is 13.6. The second kappa shape index (κ2) is 18.9. The summed E-state index contributed by atoms with van der Waals surface area (Å²) in [4.78, 5) is 56.9. The van der Waals surface area contributed by atoms with E-state index in [1.54, 1.807) is 24.7 Å². The molecule has 0 saturated carbocycles. The first kappa shape index (κ1) is 38.1. The molecule has 0 aliphatic heterocycles. The number of benzene rings is 3. The predicted octanol–water partition coefficient (Wildman–Crippen LogP) is 4.77. The lowest BCUT2D eigenvalue weighted by molar-refractivity contribution is -0.142. The number of amides is 2. The SMILES string of the molecule is CC[C@H](C)[C@@H](CN(CC(=O)N[C@@H](CCSC)C(=O)O)Cc1cccc2ccccc12)NC(=O)Cc1cncn1Cc1ccc(C(=O)OC)cc1. The van der Waals surface area contributed by atoms with Crippen LogP contribution in [0.3, 0.4) is 0 Å². The fourth-order valence-corrected chi connectivity index (χ4v) is 6.32. The van der Waals surface area contributed by atoms with Gasteiger partial charge in [-0.05, 0) is 58.4 Å². The van der Waals surface area contributed by atoms with Crippen LogP contribution in [0.2, 0.25) is 0 Å². The fourth-order valence-electron chi connectivity index (χ4n) is 5.84. The van der Waals surface area contributed by atoms with E-state index in [9.17, 15) is 24.3 Å². The van der Waals surface area contributed by atoms with Crippen LogP contribution in [0.1, 0.15) is 53.9 Å². The first-order valence-electron chi connectivity index (χ1n) is 16.8. The Balaban J connectivity index is 1.50. The van der Waals surface area contributed by atoms with Gasteiger partial charge in [0.15, 0.2) is 0 Å². The lowest BCUT2D eigenvalue weighted by Gasteiger charge is -2.31. The quantitative estimate of drug-likeness (QED) is 0.118. The van der Waals surface area contributed by atoms with E-state index in [2.05, 4.69) is 35.5 Å². The third-order valence-electron chi connectivity index (χ3n) is 8.89. The molecule has 3 N–H and O–H groups in total. The van der Waals surface area contributed by atoms with Crippen LogP contribution < -0.4 is 10.6 Å². The van der Waals surface area contributed by atoms with Crippen molar-refractivity contribution >= 4 is 46.3 Å². The molecule has 266 valence electrons. The van der Waals surface area contributed by atoms with Crippen LogP contribution >= 0.6 is 11.8 Å². The van der Waals surface area contributed by atoms with E-state index in [1.165, 1.54) is 18.9 Å². The number of nitrogens with one attached hydrogen (secondary N) is 2. The number of imidazole rings is 1. The highest BCUT2D eigenvalue weighted by Crippen LogP contribution is 2.21. The maximum Gasteiger partial charge on any atom is 0.337 e. The van der Waals surface area contributed by atoms with Gasteiger partial charge in [-0.25, -0.2) is 14.6 Å². The van der Waals surface area contributed by atoms with E-state index in [0.717, 1.165) is 34.0 Å². The highest BCUT2D eigenvalue weighted by Gasteiger charge is 2.26. The van der Waals surface area contributed by atoms with E-state index >= 15 is 0 Å². The minimum atomic E-state index is -1.06. The minimum Gasteiger partial charge on any atom is -0.480 e. The van der Waals surface area contributed by atoms with Gasteiger partial charge in [0.1, 0.15) is 6.04 Å². The molecule has 3 aromatic carbocycles. The Morgan fingerprint density at radius 3 is 2.44 bits per heavy atom. The number of methoxy groups -OCH3 is 1. The van der Waals surface area contributed by atoms with E-state index in [4.69, 9.17) is 4.74 Å². The Morgan fingerprint density at radius 2 is 1.74 bits per heavy atom. The predicted molar refractivity (Wildman–Crippen MR) is 196 cm³/mol. The van der Waals surface area contributed by atoms with Crippen molar-refractivity contribution in [3.8, 4) is 0 Å². The van der Waals surface area contributed by atoms with E-state index < -0.39 is 18.0 Å². The van der Waals surface area contributed by atoms with Gasteiger partial charge in [0.05, 0.1) is 32.0 Å². The highest BCUT2D eigenvalue weighted by molar-refractivity contribution is 7.98. The van der Waals surface area contributed by atoms with Gasteiger partial charge in [-0.3, -0.25) is 14.5 Å². The van der Waals surface area contributed by atoms with Gasteiger partial charge in [-0.15, -0.1) is 0 Å². The molecule has 3 atom stereocenters. The Kier molecular flexibility index (Phi) is 14.4. The van der Waals surface area contributed by atoms with Crippen LogP contribution in [-0.2, 0) is 38.6 Å². The molecule has 0 fully saturated rings. The first-order valence-corrected chi connectivity index (χ1v) is 18.2. The molecule has 4 aromatic rings. The molecule has 0 bridgehead atoms. The van der Waals surface area contributed by atoms with Crippen molar-refractivity contribution in [3.63, 3.8) is 0 Å². The van der Waals surface area contributed by atoms with Crippen LogP contribution in [0.5, 0.6) is 0 Å². The number of carboxylic acid groups (broad SMARTS) is 1. The number of nitrogens with zero attached hydrogens (tertiary/aromatic N) is 3. The largest absolute Gasteiger partial charge is 0.480 e. The van der Waals surface area contributed by atoms with Crippen molar-refractivity contribution in [2.24, 2.45) is 5.92 Å². The normalized spacial score (nSPS) is 13.1. The highest BCUT2D eigenvalue weighted by atomic mass is 32.2. The third kappa shape index (κ3) is 10.9. The molecular formula is C38H47N5O6S. The summed E-state index contributed by atoms with van der Waals surface area (Å²) in [5.41, 5.74) is 3.17. The zero-order chi connectivity index (χ0) is 36.0. The number of esters is 1. The standard InChI is InChI=1S/C38H47N5O6S/c1-5-26(2)34(41-35(44)19-31-20-39-25-43(31)21-27-13-15-29(16-14-27)38(48)49-3)23-42(24-36(45)40-33(37(46)47)17-18-50-4)22-30-11-8-10-28-9-6-7-12-32(28)30/h6-16,20,25-26,33-34H,5,17-19,21-24H2,1-4H3,(H,40,45)(H,41,44)(H,46,47)/t26-,33-,34+/m0/s1. The first-order chi connectivity index (χ1) is 24.1. The molecule has 0 unspecified atom stereocenters. The lowest BCUT2D eigenvalue weighted by Crippen LogP contribution is -2.51. The Labute approximate surface area is 297 Å². The van der Waals surface area contributed by atoms with Crippen molar-refractivity contribution in [3.05, 3.63) is 102 Å². The third-order valence-corrected chi connectivity index (χ3v) is 9.53. The molecule has 1 heterocycles. The molecule has 50 heavy (non-hydrogen) atoms. The molecule has 0 spiro atoms. The van der Waals surface area contributed by atoms with Crippen molar-refractivity contribution in [2.45, 2.75) is 58.3 Å². The number of ether oxygens (including phenoxy) is 1. The monoisotopic (exact) mass is 701 g/mol. The van der Waals surface area contributed by atoms with Crippen LogP contribution in [0.15, 0.2) is 79.3 Å². The number of carboxylic acids is 1. The van der Waals surface area contributed by atoms with Crippen LogP contribution in [0.25, 0.3) is 10.8 Å². The van der Waals surface area contributed by atoms with Gasteiger partial charge in [0.2, 0.25) is 11.8 Å². The van der Waals surface area contributed by atoms with Crippen LogP contribution in [0.4, 0.5) is 0 Å². The average molecular weight is 702 g/mol. The topological polar surface area (TPSA) is 143 Å².